The minimum atomic E-state index is -2.99. The van der Waals surface area contributed by atoms with Gasteiger partial charge in [0.15, 0.2) is 9.84 Å². The molecular weight excluding hydrogens is 228 g/mol. The Bertz CT molecular complexity index is 340. The maximum absolute atomic E-state index is 11.5. The van der Waals surface area contributed by atoms with Crippen molar-refractivity contribution in [2.45, 2.75) is 32.9 Å². The van der Waals surface area contributed by atoms with Gasteiger partial charge in [0.2, 0.25) is 5.91 Å². The van der Waals surface area contributed by atoms with Crippen LogP contribution < -0.4 is 5.32 Å². The first-order valence-corrected chi connectivity index (χ1v) is 7.55. The molecule has 1 unspecified atom stereocenters. The largest absolute Gasteiger partial charge is 0.325 e. The Kier molecular flexibility index (Phi) is 4.73. The van der Waals surface area contributed by atoms with Gasteiger partial charge in [0, 0.05) is 12.3 Å². The van der Waals surface area contributed by atoms with Crippen LogP contribution in [-0.2, 0) is 14.6 Å². The molecule has 94 valence electrons. The summed E-state index contributed by atoms with van der Waals surface area (Å²) in [5.41, 5.74) is 0. The molecule has 5 nitrogen and oxygen atoms in total. The molecule has 1 N–H and O–H groups in total. The lowest BCUT2D eigenvalue weighted by Crippen LogP contribution is -2.40. The van der Waals surface area contributed by atoms with E-state index in [4.69, 9.17) is 0 Å². The van der Waals surface area contributed by atoms with Gasteiger partial charge in [-0.15, -0.1) is 0 Å². The molecule has 0 spiro atoms. The van der Waals surface area contributed by atoms with Crippen molar-refractivity contribution in [1.29, 1.82) is 0 Å². The highest BCUT2D eigenvalue weighted by molar-refractivity contribution is 7.91. The van der Waals surface area contributed by atoms with Gasteiger partial charge in [-0.3, -0.25) is 10.1 Å². The molecule has 1 aliphatic rings. The summed E-state index contributed by atoms with van der Waals surface area (Å²) in [7, 11) is -2.99. The Morgan fingerprint density at radius 1 is 1.44 bits per heavy atom. The normalized spacial score (nSPS) is 21.8. The van der Waals surface area contributed by atoms with Crippen molar-refractivity contribution in [3.63, 3.8) is 0 Å². The van der Waals surface area contributed by atoms with E-state index in [1.807, 2.05) is 6.92 Å². The third kappa shape index (κ3) is 3.45. The van der Waals surface area contributed by atoms with Gasteiger partial charge in [-0.25, -0.2) is 8.42 Å². The van der Waals surface area contributed by atoms with Crippen LogP contribution in [0.25, 0.3) is 0 Å². The van der Waals surface area contributed by atoms with Crippen LogP contribution in [0, 0.1) is 0 Å². The maximum atomic E-state index is 11.5. The van der Waals surface area contributed by atoms with Crippen LogP contribution in [0.2, 0.25) is 0 Å². The van der Waals surface area contributed by atoms with E-state index >= 15 is 0 Å². The average Bonchev–Trinajstić information content (AvgIpc) is 2.58. The third-order valence-corrected chi connectivity index (χ3v) is 4.51. The Morgan fingerprint density at radius 2 is 2.12 bits per heavy atom. The number of hydrogen-bond donors (Lipinski definition) is 1. The molecule has 1 rings (SSSR count). The minimum absolute atomic E-state index is 0.00440. The van der Waals surface area contributed by atoms with Crippen LogP contribution in [0.15, 0.2) is 0 Å². The number of sulfone groups is 1. The van der Waals surface area contributed by atoms with Gasteiger partial charge >= 0.3 is 0 Å². The second-order valence-corrected chi connectivity index (χ2v) is 6.48. The molecule has 0 aromatic carbocycles. The van der Waals surface area contributed by atoms with E-state index in [1.165, 1.54) is 0 Å². The van der Waals surface area contributed by atoms with Gasteiger partial charge in [-0.1, -0.05) is 20.3 Å². The van der Waals surface area contributed by atoms with Crippen LogP contribution in [-0.4, -0.2) is 50.0 Å². The molecular formula is C10H20N2O3S. The Morgan fingerprint density at radius 3 is 2.69 bits per heavy atom. The molecule has 1 saturated heterocycles. The number of carbonyl (C=O) groups is 1. The van der Waals surface area contributed by atoms with Crippen molar-refractivity contribution in [2.75, 3.05) is 24.6 Å². The first-order valence-electron chi connectivity index (χ1n) is 5.73. The summed E-state index contributed by atoms with van der Waals surface area (Å²) in [6, 6.07) is 0. The molecule has 1 aliphatic heterocycles. The fraction of sp³-hybridized carbons (Fsp3) is 0.900. The summed E-state index contributed by atoms with van der Waals surface area (Å²) in [4.78, 5) is 13.2. The van der Waals surface area contributed by atoms with E-state index in [1.54, 1.807) is 11.8 Å². The van der Waals surface area contributed by atoms with Crippen molar-refractivity contribution in [3.05, 3.63) is 0 Å². The van der Waals surface area contributed by atoms with E-state index in [0.717, 1.165) is 12.8 Å². The third-order valence-electron chi connectivity index (χ3n) is 2.83. The summed E-state index contributed by atoms with van der Waals surface area (Å²) in [5.74, 6) is 0.211. The molecule has 6 heteroatoms. The second-order valence-electron chi connectivity index (χ2n) is 4.01. The van der Waals surface area contributed by atoms with Crippen molar-refractivity contribution in [2.24, 2.45) is 0 Å². The topological polar surface area (TPSA) is 66.5 Å². The highest BCUT2D eigenvalue weighted by atomic mass is 32.2. The van der Waals surface area contributed by atoms with Gasteiger partial charge in [0.1, 0.15) is 0 Å². The highest BCUT2D eigenvalue weighted by Crippen LogP contribution is 2.10. The van der Waals surface area contributed by atoms with Crippen molar-refractivity contribution >= 4 is 15.7 Å². The predicted molar refractivity (Wildman–Crippen MR) is 62.7 cm³/mol. The SMILES string of the molecule is CCCC1NCC(=O)N1CCS(=O)(=O)CC. The molecule has 1 fully saturated rings. The van der Waals surface area contributed by atoms with Crippen molar-refractivity contribution in [1.82, 2.24) is 10.2 Å². The number of rotatable bonds is 6. The van der Waals surface area contributed by atoms with Crippen molar-refractivity contribution < 1.29 is 13.2 Å². The standard InChI is InChI=1S/C10H20N2O3S/c1-3-5-9-11-8-10(13)12(9)6-7-16(14,15)4-2/h9,11H,3-8H2,1-2H3. The van der Waals surface area contributed by atoms with Gasteiger partial charge in [-0.05, 0) is 6.42 Å². The molecule has 1 atom stereocenters. The fourth-order valence-electron chi connectivity index (χ4n) is 1.78. The lowest BCUT2D eigenvalue weighted by Gasteiger charge is -2.23. The molecule has 0 aromatic rings. The molecule has 0 saturated carbocycles. The zero-order chi connectivity index (χ0) is 12.2. The van der Waals surface area contributed by atoms with Crippen LogP contribution in [0.5, 0.6) is 0 Å². The van der Waals surface area contributed by atoms with Crippen LogP contribution in [0.4, 0.5) is 0 Å². The lowest BCUT2D eigenvalue weighted by molar-refractivity contribution is -0.127. The quantitative estimate of drug-likeness (QED) is 0.717. The van der Waals surface area contributed by atoms with Gasteiger partial charge in [0.05, 0.1) is 18.5 Å². The summed E-state index contributed by atoms with van der Waals surface area (Å²) >= 11 is 0. The highest BCUT2D eigenvalue weighted by Gasteiger charge is 2.29. The molecule has 1 amide bonds. The molecule has 0 aliphatic carbocycles. The van der Waals surface area contributed by atoms with Gasteiger partial charge in [0.25, 0.3) is 0 Å². The first-order chi connectivity index (χ1) is 7.50. The van der Waals surface area contributed by atoms with Gasteiger partial charge < -0.3 is 4.90 Å². The predicted octanol–water partition coefficient (Wildman–Crippen LogP) is -0.0209. The van der Waals surface area contributed by atoms with E-state index in [2.05, 4.69) is 5.32 Å². The van der Waals surface area contributed by atoms with E-state index in [0.29, 0.717) is 13.1 Å². The number of nitrogens with one attached hydrogen (secondary N) is 1. The molecule has 0 bridgehead atoms. The minimum Gasteiger partial charge on any atom is -0.325 e. The van der Waals surface area contributed by atoms with E-state index < -0.39 is 9.84 Å². The molecule has 0 aromatic heterocycles. The van der Waals surface area contributed by atoms with Crippen molar-refractivity contribution in [3.8, 4) is 0 Å². The molecule has 1 heterocycles. The summed E-state index contributed by atoms with van der Waals surface area (Å²) in [5, 5.41) is 3.09. The van der Waals surface area contributed by atoms with Crippen LogP contribution in [0.3, 0.4) is 0 Å². The fourth-order valence-corrected chi connectivity index (χ4v) is 2.55. The monoisotopic (exact) mass is 248 g/mol. The molecule has 16 heavy (non-hydrogen) atoms. The Balaban J connectivity index is 2.53. The zero-order valence-corrected chi connectivity index (χ0v) is 10.7. The maximum Gasteiger partial charge on any atom is 0.237 e. The first kappa shape index (κ1) is 13.4. The summed E-state index contributed by atoms with van der Waals surface area (Å²) < 4.78 is 22.7. The lowest BCUT2D eigenvalue weighted by atomic mass is 10.2. The summed E-state index contributed by atoms with van der Waals surface area (Å²) in [6.45, 7) is 4.32. The number of nitrogens with zero attached hydrogens (tertiary/aromatic N) is 1. The smallest absolute Gasteiger partial charge is 0.237 e. The average molecular weight is 248 g/mol. The Hall–Kier alpha value is -0.620. The summed E-state index contributed by atoms with van der Waals surface area (Å²) in [6.07, 6.45) is 1.87. The Labute approximate surface area is 97.1 Å². The number of amides is 1. The van der Waals surface area contributed by atoms with E-state index in [-0.39, 0.29) is 23.6 Å². The molecule has 0 radical (unpaired) electrons. The number of hydrogen-bond acceptors (Lipinski definition) is 4. The van der Waals surface area contributed by atoms with Crippen LogP contribution in [0.1, 0.15) is 26.7 Å². The van der Waals surface area contributed by atoms with Crippen LogP contribution >= 0.6 is 0 Å². The second kappa shape index (κ2) is 5.63. The van der Waals surface area contributed by atoms with E-state index in [9.17, 15) is 13.2 Å². The zero-order valence-electron chi connectivity index (χ0n) is 9.90. The number of carbonyl (C=O) groups excluding carboxylic acids is 1. The van der Waals surface area contributed by atoms with Gasteiger partial charge in [-0.2, -0.15) is 0 Å².